The molecule has 0 bridgehead atoms. The van der Waals surface area contributed by atoms with Gasteiger partial charge in [-0.1, -0.05) is 36.4 Å². The third kappa shape index (κ3) is 8.81. The molecule has 0 amide bonds. The minimum Gasteiger partial charge on any atom is -0.376 e. The predicted molar refractivity (Wildman–Crippen MR) is 76.0 cm³/mol. The van der Waals surface area contributed by atoms with Gasteiger partial charge in [-0.2, -0.15) is 26.3 Å². The molecule has 0 spiro atoms. The first-order valence-electron chi connectivity index (χ1n) is 7.34. The first kappa shape index (κ1) is 22.6. The van der Waals surface area contributed by atoms with Crippen molar-refractivity contribution in [3.8, 4) is 0 Å². The average molecular weight is 392 g/mol. The molecule has 3 atom stereocenters. The van der Waals surface area contributed by atoms with Gasteiger partial charge in [0.1, 0.15) is 12.2 Å². The Morgan fingerprint density at radius 2 is 1.08 bits per heavy atom. The van der Waals surface area contributed by atoms with Crippen molar-refractivity contribution in [1.29, 1.82) is 0 Å². The Labute approximate surface area is 145 Å². The Morgan fingerprint density at radius 3 is 1.23 bits per heavy atom. The van der Waals surface area contributed by atoms with E-state index in [0.717, 1.165) is 26.4 Å². The number of halogens is 6. The zero-order valence-corrected chi connectivity index (χ0v) is 13.3. The van der Waals surface area contributed by atoms with Crippen LogP contribution in [-0.4, -0.2) is 67.0 Å². The van der Waals surface area contributed by atoms with Crippen molar-refractivity contribution in [2.24, 2.45) is 0 Å². The molecule has 1 aromatic rings. The molecule has 2 heterocycles. The Balaban J connectivity index is 0.000000202. The van der Waals surface area contributed by atoms with Crippen LogP contribution in [0.3, 0.4) is 0 Å². The van der Waals surface area contributed by atoms with E-state index in [1.807, 2.05) is 36.4 Å². The molecule has 2 saturated heterocycles. The molecule has 2 aliphatic rings. The molecular weight excluding hydrogens is 374 g/mol. The molecule has 2 N–H and O–H groups in total. The summed E-state index contributed by atoms with van der Waals surface area (Å²) in [4.78, 5) is 0. The first-order valence-corrected chi connectivity index (χ1v) is 7.34. The molecule has 5 nitrogen and oxygen atoms in total. The smallest absolute Gasteiger partial charge is 0.376 e. The van der Waals surface area contributed by atoms with Crippen LogP contribution in [0.25, 0.3) is 0 Å². The zero-order chi connectivity index (χ0) is 19.8. The van der Waals surface area contributed by atoms with Gasteiger partial charge in [0, 0.05) is 0 Å². The molecule has 0 aromatic heterocycles. The molecule has 3 unspecified atom stereocenters. The molecule has 0 saturated carbocycles. The Hall–Kier alpha value is -1.40. The largest absolute Gasteiger partial charge is 0.457 e. The minimum atomic E-state index is -6.23. The van der Waals surface area contributed by atoms with Crippen LogP contribution in [0.4, 0.5) is 26.3 Å². The molecule has 2 fully saturated rings. The number of ether oxygens (including phenoxy) is 3. The van der Waals surface area contributed by atoms with Crippen LogP contribution >= 0.6 is 0 Å². The van der Waals surface area contributed by atoms with Crippen molar-refractivity contribution in [2.75, 3.05) is 26.4 Å². The van der Waals surface area contributed by atoms with Gasteiger partial charge in [0.2, 0.25) is 0 Å². The normalized spacial score (nSPS) is 23.5. The maximum atomic E-state index is 11.5. The summed E-state index contributed by atoms with van der Waals surface area (Å²) >= 11 is 0. The van der Waals surface area contributed by atoms with E-state index < -0.39 is 18.1 Å². The van der Waals surface area contributed by atoms with Crippen molar-refractivity contribution in [3.63, 3.8) is 0 Å². The summed E-state index contributed by atoms with van der Waals surface area (Å²) in [5.41, 5.74) is 0. The summed E-state index contributed by atoms with van der Waals surface area (Å²) in [5.74, 6) is -5.90. The second-order valence-electron chi connectivity index (χ2n) is 5.26. The summed E-state index contributed by atoms with van der Waals surface area (Å²) in [6.45, 7) is 3.26. The highest BCUT2D eigenvalue weighted by atomic mass is 19.4. The van der Waals surface area contributed by atoms with Crippen molar-refractivity contribution in [1.82, 2.24) is 0 Å². The van der Waals surface area contributed by atoms with Crippen LogP contribution in [0, 0.1) is 0 Å². The highest BCUT2D eigenvalue weighted by Crippen LogP contribution is 2.41. The Kier molecular flexibility index (Phi) is 8.28. The maximum absolute atomic E-state index is 11.5. The van der Waals surface area contributed by atoms with Crippen molar-refractivity contribution < 1.29 is 50.8 Å². The van der Waals surface area contributed by atoms with Gasteiger partial charge in [-0.05, 0) is 0 Å². The summed E-state index contributed by atoms with van der Waals surface area (Å²) in [6.07, 6.45) is -11.3. The summed E-state index contributed by atoms with van der Waals surface area (Å²) in [5, 5.41) is 14.6. The Morgan fingerprint density at radius 1 is 0.769 bits per heavy atom. The minimum absolute atomic E-state index is 0.392. The first-order chi connectivity index (χ1) is 11.9. The van der Waals surface area contributed by atoms with Gasteiger partial charge in [-0.15, -0.1) is 0 Å². The number of hydrogen-bond acceptors (Lipinski definition) is 5. The molecule has 11 heteroatoms. The van der Waals surface area contributed by atoms with Crippen LogP contribution < -0.4 is 0 Å². The second-order valence-corrected chi connectivity index (χ2v) is 5.26. The highest BCUT2D eigenvalue weighted by Gasteiger charge is 2.71. The molecular formula is C15H18F6O5. The topological polar surface area (TPSA) is 74.8 Å². The summed E-state index contributed by atoms with van der Waals surface area (Å²) < 4.78 is 82.3. The van der Waals surface area contributed by atoms with Gasteiger partial charge in [0.05, 0.1) is 26.4 Å². The standard InChI is InChI=1S/C6H10O3.C6H6.C3H2F6O2/c1(5-3-8-5)7-2-6-4-9-6;1-2-4-6-5-3-1;4-1(10,2(5,6)7)3(8,9)11/h5-6H,1-4H2;1-6H;10-11H. The fraction of sp³-hybridized carbons (Fsp3) is 0.600. The summed E-state index contributed by atoms with van der Waals surface area (Å²) in [6, 6.07) is 12.0. The monoisotopic (exact) mass is 392 g/mol. The predicted octanol–water partition coefficient (Wildman–Crippen LogP) is 2.28. The molecule has 0 aliphatic carbocycles. The summed E-state index contributed by atoms with van der Waals surface area (Å²) in [7, 11) is 0. The quantitative estimate of drug-likeness (QED) is 0.594. The third-order valence-electron chi connectivity index (χ3n) is 2.85. The second kappa shape index (κ2) is 9.51. The van der Waals surface area contributed by atoms with Crippen molar-refractivity contribution in [3.05, 3.63) is 36.4 Å². The highest BCUT2D eigenvalue weighted by molar-refractivity contribution is 4.99. The van der Waals surface area contributed by atoms with Gasteiger partial charge in [0.25, 0.3) is 0 Å². The van der Waals surface area contributed by atoms with E-state index in [4.69, 9.17) is 24.4 Å². The lowest BCUT2D eigenvalue weighted by Crippen LogP contribution is -2.55. The molecule has 3 rings (SSSR count). The maximum Gasteiger partial charge on any atom is 0.457 e. The molecule has 0 radical (unpaired) electrons. The molecule has 2 aliphatic heterocycles. The lowest BCUT2D eigenvalue weighted by Gasteiger charge is -2.25. The Bertz CT molecular complexity index is 443. The molecule has 26 heavy (non-hydrogen) atoms. The number of benzene rings is 1. The van der Waals surface area contributed by atoms with E-state index in [9.17, 15) is 26.3 Å². The van der Waals surface area contributed by atoms with Crippen LogP contribution in [0.1, 0.15) is 0 Å². The van der Waals surface area contributed by atoms with Gasteiger partial charge < -0.3 is 24.4 Å². The van der Waals surface area contributed by atoms with Gasteiger partial charge >= 0.3 is 18.1 Å². The SMILES string of the molecule is C(OCC1CO1)C1CO1.OC(F)(F)C(O)(F)C(F)(F)F.c1ccccc1. The molecule has 1 aromatic carbocycles. The van der Waals surface area contributed by atoms with Crippen molar-refractivity contribution >= 4 is 0 Å². The zero-order valence-electron chi connectivity index (χ0n) is 13.3. The lowest BCUT2D eigenvalue weighted by molar-refractivity contribution is -0.438. The van der Waals surface area contributed by atoms with Gasteiger partial charge in [-0.25, -0.2) is 0 Å². The number of hydrogen-bond donors (Lipinski definition) is 2. The van der Waals surface area contributed by atoms with E-state index in [1.54, 1.807) is 0 Å². The van der Waals surface area contributed by atoms with Crippen LogP contribution in [0.5, 0.6) is 0 Å². The number of epoxide rings is 2. The van der Waals surface area contributed by atoms with Crippen LogP contribution in [0.15, 0.2) is 36.4 Å². The van der Waals surface area contributed by atoms with Crippen LogP contribution in [-0.2, 0) is 14.2 Å². The lowest BCUT2D eigenvalue weighted by atomic mass is 10.3. The van der Waals surface area contributed by atoms with Gasteiger partial charge in [0.15, 0.2) is 0 Å². The molecule has 150 valence electrons. The fourth-order valence-electron chi connectivity index (χ4n) is 1.21. The van der Waals surface area contributed by atoms with E-state index in [1.165, 1.54) is 0 Å². The van der Waals surface area contributed by atoms with Crippen LogP contribution in [0.2, 0.25) is 0 Å². The van der Waals surface area contributed by atoms with E-state index in [0.29, 0.717) is 12.2 Å². The average Bonchev–Trinajstić information content (AvgIpc) is 3.44. The third-order valence-corrected chi connectivity index (χ3v) is 2.85. The van der Waals surface area contributed by atoms with E-state index >= 15 is 0 Å². The number of aliphatic hydroxyl groups is 2. The number of rotatable bonds is 5. The van der Waals surface area contributed by atoms with Gasteiger partial charge in [-0.3, -0.25) is 0 Å². The fourth-order valence-corrected chi connectivity index (χ4v) is 1.21. The van der Waals surface area contributed by atoms with Crippen molar-refractivity contribution in [2.45, 2.75) is 30.3 Å². The van der Waals surface area contributed by atoms with E-state index in [-0.39, 0.29) is 0 Å². The number of alkyl halides is 6. The van der Waals surface area contributed by atoms with E-state index in [2.05, 4.69) is 0 Å².